The second kappa shape index (κ2) is 8.37. The summed E-state index contributed by atoms with van der Waals surface area (Å²) in [6.45, 7) is 12.3. The van der Waals surface area contributed by atoms with Gasteiger partial charge in [-0.3, -0.25) is 18.9 Å². The number of aromatic amines is 1. The Morgan fingerprint density at radius 1 is 1.24 bits per heavy atom. The number of aromatic nitrogens is 2. The lowest BCUT2D eigenvalue weighted by Crippen LogP contribution is -2.50. The van der Waals surface area contributed by atoms with Gasteiger partial charge in [-0.15, -0.1) is 0 Å². The van der Waals surface area contributed by atoms with E-state index in [1.807, 2.05) is 4.57 Å². The van der Waals surface area contributed by atoms with Gasteiger partial charge in [-0.25, -0.2) is 4.39 Å². The van der Waals surface area contributed by atoms with Gasteiger partial charge in [0.15, 0.2) is 11.6 Å². The van der Waals surface area contributed by atoms with Gasteiger partial charge in [-0.2, -0.15) is 0 Å². The first-order valence-corrected chi connectivity index (χ1v) is 13.0. The maximum Gasteiger partial charge on any atom is 0.271 e. The SMILES string of the molecule is CCN(CC)C(C)(C)[C@@H]1CCN(c2c(F)cc3c(=O)c4c(=O)[nH]sc4n(C4CC4)c3c2OC)C1. The molecule has 3 heterocycles. The van der Waals surface area contributed by atoms with Crippen LogP contribution >= 0.6 is 11.5 Å². The Labute approximate surface area is 202 Å². The van der Waals surface area contributed by atoms with Crippen LogP contribution in [0.15, 0.2) is 15.7 Å². The van der Waals surface area contributed by atoms with Gasteiger partial charge in [0.25, 0.3) is 5.56 Å². The van der Waals surface area contributed by atoms with E-state index in [1.165, 1.54) is 24.7 Å². The van der Waals surface area contributed by atoms with Crippen LogP contribution in [0, 0.1) is 11.7 Å². The van der Waals surface area contributed by atoms with Crippen molar-refractivity contribution in [1.29, 1.82) is 0 Å². The number of rotatable bonds is 7. The summed E-state index contributed by atoms with van der Waals surface area (Å²) >= 11 is 1.17. The minimum atomic E-state index is -0.476. The van der Waals surface area contributed by atoms with Crippen LogP contribution in [-0.4, -0.2) is 52.7 Å². The van der Waals surface area contributed by atoms with Crippen LogP contribution in [0.4, 0.5) is 10.1 Å². The first-order chi connectivity index (χ1) is 16.2. The minimum Gasteiger partial charge on any atom is -0.492 e. The van der Waals surface area contributed by atoms with E-state index in [0.29, 0.717) is 27.7 Å². The van der Waals surface area contributed by atoms with Gasteiger partial charge in [-0.05, 0) is 69.7 Å². The van der Waals surface area contributed by atoms with Crippen molar-refractivity contribution in [1.82, 2.24) is 13.8 Å². The van der Waals surface area contributed by atoms with Gasteiger partial charge in [0.2, 0.25) is 5.43 Å². The van der Waals surface area contributed by atoms with Crippen LogP contribution in [0.5, 0.6) is 5.75 Å². The van der Waals surface area contributed by atoms with Crippen molar-refractivity contribution in [2.75, 3.05) is 38.2 Å². The molecule has 0 amide bonds. The molecule has 1 saturated carbocycles. The Hall–Kier alpha value is -2.39. The van der Waals surface area contributed by atoms with E-state index in [-0.39, 0.29) is 22.4 Å². The predicted molar refractivity (Wildman–Crippen MR) is 136 cm³/mol. The maximum atomic E-state index is 15.7. The molecule has 0 radical (unpaired) electrons. The van der Waals surface area contributed by atoms with E-state index in [0.717, 1.165) is 45.4 Å². The number of halogens is 1. The van der Waals surface area contributed by atoms with Gasteiger partial charge >= 0.3 is 0 Å². The van der Waals surface area contributed by atoms with Crippen molar-refractivity contribution in [3.63, 3.8) is 0 Å². The third-order valence-corrected chi connectivity index (χ3v) is 8.88. The highest BCUT2D eigenvalue weighted by molar-refractivity contribution is 7.12. The zero-order chi connectivity index (χ0) is 24.4. The third kappa shape index (κ3) is 3.39. The smallest absolute Gasteiger partial charge is 0.271 e. The molecular weight excluding hydrogens is 455 g/mol. The molecule has 0 unspecified atom stereocenters. The second-order valence-corrected chi connectivity index (χ2v) is 10.8. The number of ether oxygens (including phenoxy) is 1. The molecule has 2 fully saturated rings. The molecule has 9 heteroatoms. The molecule has 0 bridgehead atoms. The Morgan fingerprint density at radius 3 is 2.56 bits per heavy atom. The predicted octanol–water partition coefficient (Wildman–Crippen LogP) is 4.33. The van der Waals surface area contributed by atoms with E-state index < -0.39 is 16.8 Å². The number of fused-ring (bicyclic) bond motifs is 2. The maximum absolute atomic E-state index is 15.7. The summed E-state index contributed by atoms with van der Waals surface area (Å²) < 4.78 is 26.3. The first-order valence-electron chi connectivity index (χ1n) is 12.2. The summed E-state index contributed by atoms with van der Waals surface area (Å²) in [5.41, 5.74) is 0.156. The summed E-state index contributed by atoms with van der Waals surface area (Å²) in [5.74, 6) is 0.286. The molecule has 2 aromatic heterocycles. The molecule has 1 aliphatic heterocycles. The number of H-pyrrole nitrogens is 1. The van der Waals surface area contributed by atoms with Crippen LogP contribution in [0.2, 0.25) is 0 Å². The Balaban J connectivity index is 1.69. The molecule has 1 atom stereocenters. The van der Waals surface area contributed by atoms with Crippen LogP contribution in [0.3, 0.4) is 0 Å². The molecule has 1 aliphatic carbocycles. The second-order valence-electron chi connectivity index (χ2n) is 10.0. The molecule has 184 valence electrons. The minimum absolute atomic E-state index is 0.0155. The number of benzene rings is 1. The average Bonchev–Trinajstić information content (AvgIpc) is 3.38. The number of nitrogens with zero attached hydrogens (tertiary/aromatic N) is 3. The highest BCUT2D eigenvalue weighted by Crippen LogP contribution is 2.47. The molecular formula is C25H33FN4O3S. The van der Waals surface area contributed by atoms with Crippen molar-refractivity contribution in [2.45, 2.75) is 58.5 Å². The van der Waals surface area contributed by atoms with Gasteiger partial charge in [0, 0.05) is 24.7 Å². The summed E-state index contributed by atoms with van der Waals surface area (Å²) in [4.78, 5) is 30.8. The number of anilines is 1. The van der Waals surface area contributed by atoms with Crippen molar-refractivity contribution < 1.29 is 9.13 Å². The Morgan fingerprint density at radius 2 is 1.94 bits per heavy atom. The van der Waals surface area contributed by atoms with Crippen molar-refractivity contribution in [2.24, 2.45) is 5.92 Å². The average molecular weight is 489 g/mol. The van der Waals surface area contributed by atoms with E-state index in [4.69, 9.17) is 4.74 Å². The largest absolute Gasteiger partial charge is 0.492 e. The van der Waals surface area contributed by atoms with Gasteiger partial charge in [0.05, 0.1) is 18.0 Å². The van der Waals surface area contributed by atoms with Gasteiger partial charge in [0.1, 0.15) is 15.9 Å². The van der Waals surface area contributed by atoms with E-state index >= 15 is 4.39 Å². The van der Waals surface area contributed by atoms with Crippen LogP contribution in [0.1, 0.15) is 53.0 Å². The topological polar surface area (TPSA) is 70.6 Å². The van der Waals surface area contributed by atoms with Crippen molar-refractivity contribution in [3.05, 3.63) is 32.5 Å². The first kappa shape index (κ1) is 23.4. The highest BCUT2D eigenvalue weighted by Gasteiger charge is 2.40. The Kier molecular flexibility index (Phi) is 5.75. The number of pyridine rings is 1. The van der Waals surface area contributed by atoms with Crippen molar-refractivity contribution >= 4 is 38.3 Å². The molecule has 3 aromatic rings. The number of methoxy groups -OCH3 is 1. The summed E-state index contributed by atoms with van der Waals surface area (Å²) in [6, 6.07) is 1.49. The monoisotopic (exact) mass is 488 g/mol. The van der Waals surface area contributed by atoms with Crippen LogP contribution in [-0.2, 0) is 0 Å². The molecule has 5 rings (SSSR count). The number of hydrogen-bond acceptors (Lipinski definition) is 6. The molecule has 1 saturated heterocycles. The molecule has 34 heavy (non-hydrogen) atoms. The lowest BCUT2D eigenvalue weighted by atomic mass is 9.85. The molecule has 7 nitrogen and oxygen atoms in total. The number of hydrogen-bond donors (Lipinski definition) is 1. The van der Waals surface area contributed by atoms with Crippen LogP contribution < -0.4 is 20.6 Å². The molecule has 1 aromatic carbocycles. The molecule has 0 spiro atoms. The van der Waals surface area contributed by atoms with Gasteiger partial charge in [-0.1, -0.05) is 13.8 Å². The lowest BCUT2D eigenvalue weighted by molar-refractivity contribution is 0.0815. The Bertz CT molecular complexity index is 1370. The van der Waals surface area contributed by atoms with Gasteiger partial charge < -0.3 is 14.2 Å². The fraction of sp³-hybridized carbons (Fsp3) is 0.600. The quantitative estimate of drug-likeness (QED) is 0.536. The van der Waals surface area contributed by atoms with E-state index in [1.54, 1.807) is 0 Å². The summed E-state index contributed by atoms with van der Waals surface area (Å²) in [5, 5.41) is 0.321. The fourth-order valence-corrected chi connectivity index (χ4v) is 6.84. The summed E-state index contributed by atoms with van der Waals surface area (Å²) in [7, 11) is 1.54. The van der Waals surface area contributed by atoms with Crippen molar-refractivity contribution in [3.8, 4) is 5.75 Å². The highest BCUT2D eigenvalue weighted by atomic mass is 32.1. The summed E-state index contributed by atoms with van der Waals surface area (Å²) in [6.07, 6.45) is 2.87. The molecule has 1 N–H and O–H groups in total. The van der Waals surface area contributed by atoms with E-state index in [9.17, 15) is 9.59 Å². The lowest BCUT2D eigenvalue weighted by Gasteiger charge is -2.42. The van der Waals surface area contributed by atoms with E-state index in [2.05, 4.69) is 41.9 Å². The van der Waals surface area contributed by atoms with Crippen LogP contribution in [0.25, 0.3) is 21.1 Å². The zero-order valence-electron chi connectivity index (χ0n) is 20.5. The third-order valence-electron chi connectivity index (χ3n) is 7.99. The number of nitrogens with one attached hydrogen (secondary N) is 1. The zero-order valence-corrected chi connectivity index (χ0v) is 21.4. The molecule has 2 aliphatic rings. The standard InChI is InChI=1S/C25H33FN4O3S/c1-6-29(7-2)25(3,4)14-10-11-28(13-14)20-17(26)12-16-19(22(20)33-5)30(15-8-9-15)24-18(21(16)31)23(32)27-34-24/h12,14-15H,6-11,13H2,1-5H3,(H,27,32)/t14-/m1/s1. The normalized spacial score (nSPS) is 19.1. The fourth-order valence-electron chi connectivity index (χ4n) is 5.92.